The standard InChI is InChI=1S/C14H14N2O3S2/c1-8(11-12(17)20-14(19)21-13(11)18)10(7-15)9(2)16-5-3-4-6-16/h3-6H2,1-2H3/b10-9+. The minimum atomic E-state index is -0.566. The molecule has 7 heteroatoms. The van der Waals surface area contributed by atoms with E-state index in [0.29, 0.717) is 34.7 Å². The molecule has 21 heavy (non-hydrogen) atoms. The molecule has 0 unspecified atom stereocenters. The summed E-state index contributed by atoms with van der Waals surface area (Å²) >= 11 is 1.03. The van der Waals surface area contributed by atoms with Gasteiger partial charge in [0.25, 0.3) is 4.45 Å². The van der Waals surface area contributed by atoms with Crippen molar-refractivity contribution in [1.29, 1.82) is 5.26 Å². The van der Waals surface area contributed by atoms with Crippen molar-refractivity contribution in [2.24, 2.45) is 0 Å². The van der Waals surface area contributed by atoms with E-state index in [1.54, 1.807) is 6.92 Å². The van der Waals surface area contributed by atoms with Crippen molar-refractivity contribution in [3.05, 3.63) is 22.4 Å². The van der Waals surface area contributed by atoms with E-state index in [9.17, 15) is 19.6 Å². The smallest absolute Gasteiger partial charge is 0.261 e. The van der Waals surface area contributed by atoms with Gasteiger partial charge in [-0.25, -0.2) is 0 Å². The summed E-state index contributed by atoms with van der Waals surface area (Å²) in [6.45, 7) is 5.18. The lowest BCUT2D eigenvalue weighted by Crippen LogP contribution is -2.21. The molecule has 2 fully saturated rings. The first kappa shape index (κ1) is 15.9. The molecule has 2 aliphatic heterocycles. The van der Waals surface area contributed by atoms with Crippen molar-refractivity contribution in [2.75, 3.05) is 13.1 Å². The molecule has 0 radical (unpaired) electrons. The van der Waals surface area contributed by atoms with E-state index >= 15 is 0 Å². The van der Waals surface area contributed by atoms with E-state index in [1.165, 1.54) is 0 Å². The Morgan fingerprint density at radius 2 is 1.62 bits per heavy atom. The maximum Gasteiger partial charge on any atom is 0.261 e. The summed E-state index contributed by atoms with van der Waals surface area (Å²) in [5, 5.41) is 8.28. The van der Waals surface area contributed by atoms with Gasteiger partial charge < -0.3 is 4.90 Å². The van der Waals surface area contributed by atoms with Crippen molar-refractivity contribution in [3.63, 3.8) is 0 Å². The van der Waals surface area contributed by atoms with Gasteiger partial charge in [-0.2, -0.15) is 5.26 Å². The van der Waals surface area contributed by atoms with Crippen LogP contribution in [0.2, 0.25) is 0 Å². The topological polar surface area (TPSA) is 78.2 Å². The fraction of sp³-hybridized carbons (Fsp3) is 0.429. The van der Waals surface area contributed by atoms with Crippen LogP contribution < -0.4 is 0 Å². The molecule has 2 heterocycles. The van der Waals surface area contributed by atoms with Gasteiger partial charge >= 0.3 is 0 Å². The van der Waals surface area contributed by atoms with Crippen LogP contribution in [0.5, 0.6) is 0 Å². The molecule has 0 amide bonds. The van der Waals surface area contributed by atoms with Crippen LogP contribution in [0.25, 0.3) is 0 Å². The molecule has 0 atom stereocenters. The van der Waals surface area contributed by atoms with Crippen LogP contribution in [0.1, 0.15) is 26.7 Å². The molecule has 2 rings (SSSR count). The van der Waals surface area contributed by atoms with Crippen LogP contribution in [0.15, 0.2) is 22.4 Å². The monoisotopic (exact) mass is 322 g/mol. The predicted octanol–water partition coefficient (Wildman–Crippen LogP) is 2.85. The zero-order valence-corrected chi connectivity index (χ0v) is 13.4. The first-order chi connectivity index (χ1) is 9.95. The Kier molecular flexibility index (Phi) is 4.91. The number of carbonyl (C=O) groups excluding carboxylic acids is 3. The third-order valence-corrected chi connectivity index (χ3v) is 5.18. The quantitative estimate of drug-likeness (QED) is 0.439. The lowest BCUT2D eigenvalue weighted by Gasteiger charge is -2.21. The largest absolute Gasteiger partial charge is 0.374 e. The number of allylic oxidation sites excluding steroid dienone is 3. The Bertz CT molecular complexity index is 601. The number of nitrogens with zero attached hydrogens (tertiary/aromatic N) is 2. The molecule has 2 aliphatic rings. The summed E-state index contributed by atoms with van der Waals surface area (Å²) in [4.78, 5) is 37.2. The van der Waals surface area contributed by atoms with Crippen LogP contribution >= 0.6 is 23.5 Å². The van der Waals surface area contributed by atoms with Gasteiger partial charge in [0.15, 0.2) is 0 Å². The highest BCUT2D eigenvalue weighted by molar-refractivity contribution is 8.51. The average Bonchev–Trinajstić information content (AvgIpc) is 2.91. The molecule has 110 valence electrons. The molecule has 2 saturated heterocycles. The molecule has 0 aromatic heterocycles. The summed E-state index contributed by atoms with van der Waals surface area (Å²) in [6, 6.07) is 2.10. The van der Waals surface area contributed by atoms with Crippen molar-refractivity contribution in [3.8, 4) is 6.07 Å². The lowest BCUT2D eigenvalue weighted by molar-refractivity contribution is -0.113. The van der Waals surface area contributed by atoms with Crippen LogP contribution in [-0.4, -0.2) is 32.7 Å². The number of thioether (sulfide) groups is 2. The normalized spacial score (nSPS) is 20.5. The first-order valence-corrected chi connectivity index (χ1v) is 8.14. The van der Waals surface area contributed by atoms with Gasteiger partial charge in [0.05, 0.1) is 11.1 Å². The third kappa shape index (κ3) is 3.22. The molecule has 0 saturated carbocycles. The number of carbonyl (C=O) groups is 3. The number of hydrogen-bond acceptors (Lipinski definition) is 7. The van der Waals surface area contributed by atoms with E-state index < -0.39 is 14.7 Å². The Hall–Kier alpha value is -1.52. The van der Waals surface area contributed by atoms with E-state index in [1.807, 2.05) is 6.92 Å². The number of likely N-dealkylation sites (tertiary alicyclic amines) is 1. The average molecular weight is 322 g/mol. The van der Waals surface area contributed by atoms with Gasteiger partial charge in [0.2, 0.25) is 10.2 Å². The Morgan fingerprint density at radius 1 is 1.10 bits per heavy atom. The fourth-order valence-corrected chi connectivity index (χ4v) is 4.12. The Morgan fingerprint density at radius 3 is 2.10 bits per heavy atom. The van der Waals surface area contributed by atoms with Crippen LogP contribution in [0.4, 0.5) is 4.79 Å². The number of rotatable bonds is 2. The van der Waals surface area contributed by atoms with Crippen molar-refractivity contribution < 1.29 is 14.4 Å². The van der Waals surface area contributed by atoms with Crippen LogP contribution in [-0.2, 0) is 9.59 Å². The maximum atomic E-state index is 11.9. The molecule has 0 N–H and O–H groups in total. The van der Waals surface area contributed by atoms with Gasteiger partial charge in [0.1, 0.15) is 6.07 Å². The second kappa shape index (κ2) is 6.50. The summed E-state index contributed by atoms with van der Waals surface area (Å²) in [7, 11) is 0. The highest BCUT2D eigenvalue weighted by atomic mass is 32.2. The van der Waals surface area contributed by atoms with Gasteiger partial charge in [0, 0.05) is 42.3 Å². The second-order valence-corrected chi connectivity index (χ2v) is 6.95. The van der Waals surface area contributed by atoms with Crippen molar-refractivity contribution in [2.45, 2.75) is 26.7 Å². The van der Waals surface area contributed by atoms with Gasteiger partial charge in [-0.3, -0.25) is 14.4 Å². The van der Waals surface area contributed by atoms with Crippen molar-refractivity contribution >= 4 is 38.2 Å². The summed E-state index contributed by atoms with van der Waals surface area (Å²) < 4.78 is -0.514. The van der Waals surface area contributed by atoms with Crippen LogP contribution in [0, 0.1) is 11.3 Å². The number of nitriles is 1. The minimum absolute atomic E-state index is 0.0419. The zero-order valence-electron chi connectivity index (χ0n) is 11.8. The van der Waals surface area contributed by atoms with E-state index in [-0.39, 0.29) is 5.57 Å². The molecule has 0 bridgehead atoms. The molecule has 5 nitrogen and oxygen atoms in total. The molecular formula is C14H14N2O3S2. The van der Waals surface area contributed by atoms with E-state index in [2.05, 4.69) is 11.0 Å². The Labute approximate surface area is 131 Å². The molecular weight excluding hydrogens is 308 g/mol. The lowest BCUT2D eigenvalue weighted by atomic mass is 10.0. The summed E-state index contributed by atoms with van der Waals surface area (Å²) in [5.41, 5.74) is 1.46. The zero-order chi connectivity index (χ0) is 15.6. The molecule has 0 aromatic carbocycles. The first-order valence-electron chi connectivity index (χ1n) is 6.51. The second-order valence-electron chi connectivity index (χ2n) is 4.80. The van der Waals surface area contributed by atoms with Gasteiger partial charge in [-0.15, -0.1) is 0 Å². The van der Waals surface area contributed by atoms with Crippen LogP contribution in [0.3, 0.4) is 0 Å². The molecule has 0 aromatic rings. The van der Waals surface area contributed by atoms with Gasteiger partial charge in [-0.05, 0) is 32.3 Å². The molecule has 0 spiro atoms. The highest BCUT2D eigenvalue weighted by Crippen LogP contribution is 2.35. The molecule has 0 aliphatic carbocycles. The van der Waals surface area contributed by atoms with Gasteiger partial charge in [-0.1, -0.05) is 0 Å². The summed E-state index contributed by atoms with van der Waals surface area (Å²) in [6.07, 6.45) is 2.15. The fourth-order valence-electron chi connectivity index (χ4n) is 2.44. The Balaban J connectivity index is 2.46. The van der Waals surface area contributed by atoms with E-state index in [4.69, 9.17) is 0 Å². The van der Waals surface area contributed by atoms with Crippen molar-refractivity contribution in [1.82, 2.24) is 4.90 Å². The minimum Gasteiger partial charge on any atom is -0.374 e. The predicted molar refractivity (Wildman–Crippen MR) is 82.4 cm³/mol. The highest BCUT2D eigenvalue weighted by Gasteiger charge is 2.34. The van der Waals surface area contributed by atoms with E-state index in [0.717, 1.165) is 31.6 Å². The summed E-state index contributed by atoms with van der Waals surface area (Å²) in [5.74, 6) is 0. The maximum absolute atomic E-state index is 11.9. The number of hydrogen-bond donors (Lipinski definition) is 0. The SMILES string of the molecule is CC(=C1C(=O)SC(=O)SC1=O)/C(C#N)=C(\C)N1CCCC1. The third-order valence-electron chi connectivity index (χ3n) is 3.56.